The monoisotopic (exact) mass is 306 g/mol. The molecule has 0 fully saturated rings. The van der Waals surface area contributed by atoms with E-state index >= 15 is 0 Å². The van der Waals surface area contributed by atoms with E-state index in [1.807, 2.05) is 0 Å². The van der Waals surface area contributed by atoms with Crippen LogP contribution < -0.4 is 5.32 Å². The highest BCUT2D eigenvalue weighted by atomic mass is 16.5. The van der Waals surface area contributed by atoms with E-state index in [9.17, 15) is 9.59 Å². The fourth-order valence-electron chi connectivity index (χ4n) is 2.05. The van der Waals surface area contributed by atoms with E-state index in [0.717, 1.165) is 24.8 Å². The van der Waals surface area contributed by atoms with Gasteiger partial charge in [0.05, 0.1) is 7.11 Å². The third-order valence-corrected chi connectivity index (χ3v) is 3.51. The summed E-state index contributed by atoms with van der Waals surface area (Å²) >= 11 is 0. The van der Waals surface area contributed by atoms with Crippen molar-refractivity contribution in [3.8, 4) is 0 Å². The van der Waals surface area contributed by atoms with Crippen LogP contribution >= 0.6 is 0 Å². The van der Waals surface area contributed by atoms with Crippen LogP contribution in [0.4, 0.5) is 4.79 Å². The predicted octanol–water partition coefficient (Wildman–Crippen LogP) is 2.73. The minimum atomic E-state index is -0.209. The Morgan fingerprint density at radius 3 is 2.36 bits per heavy atom. The zero-order valence-corrected chi connectivity index (χ0v) is 13.7. The Morgan fingerprint density at radius 1 is 1.14 bits per heavy atom. The summed E-state index contributed by atoms with van der Waals surface area (Å²) in [6, 6.07) is 8.19. The van der Waals surface area contributed by atoms with Crippen LogP contribution in [0, 0.1) is 0 Å². The van der Waals surface area contributed by atoms with Gasteiger partial charge in [-0.25, -0.2) is 4.79 Å². The molecule has 0 aliphatic rings. The van der Waals surface area contributed by atoms with Crippen molar-refractivity contribution in [3.63, 3.8) is 0 Å². The molecule has 0 radical (unpaired) electrons. The number of hydrogen-bond donors (Lipinski definition) is 1. The third kappa shape index (κ3) is 6.61. The molecule has 1 rings (SSSR count). The van der Waals surface area contributed by atoms with Crippen molar-refractivity contribution >= 4 is 12.0 Å². The molecule has 0 heterocycles. The van der Waals surface area contributed by atoms with E-state index < -0.39 is 0 Å². The Kier molecular flexibility index (Phi) is 8.04. The molecule has 122 valence electrons. The molecule has 5 nitrogen and oxygen atoms in total. The first-order valence-corrected chi connectivity index (χ1v) is 7.70. The van der Waals surface area contributed by atoms with Gasteiger partial charge in [0.25, 0.3) is 0 Å². The molecular weight excluding hydrogens is 280 g/mol. The van der Waals surface area contributed by atoms with E-state index in [2.05, 4.69) is 41.2 Å². The van der Waals surface area contributed by atoms with Crippen molar-refractivity contribution in [3.05, 3.63) is 35.4 Å². The van der Waals surface area contributed by atoms with Gasteiger partial charge in [0.1, 0.15) is 0 Å². The summed E-state index contributed by atoms with van der Waals surface area (Å²) in [4.78, 5) is 24.5. The summed E-state index contributed by atoms with van der Waals surface area (Å²) < 4.78 is 4.56. The van der Waals surface area contributed by atoms with E-state index in [1.54, 1.807) is 11.9 Å². The number of hydrogen-bond acceptors (Lipinski definition) is 3. The van der Waals surface area contributed by atoms with Crippen molar-refractivity contribution in [2.24, 2.45) is 0 Å². The lowest BCUT2D eigenvalue weighted by Gasteiger charge is -2.18. The first kappa shape index (κ1) is 18.0. The standard InChI is InChI=1S/C17H26N2O3/c1-4-14-8-10-15(11-9-14)13-19(2)17(21)18-12-6-5-7-16(20)22-3/h8-11H,4-7,12-13H2,1-3H3,(H,18,21). The van der Waals surface area contributed by atoms with Gasteiger partial charge in [-0.1, -0.05) is 31.2 Å². The molecule has 0 bridgehead atoms. The van der Waals surface area contributed by atoms with E-state index in [4.69, 9.17) is 0 Å². The number of benzene rings is 1. The van der Waals surface area contributed by atoms with Crippen molar-refractivity contribution in [1.29, 1.82) is 0 Å². The Morgan fingerprint density at radius 2 is 1.77 bits per heavy atom. The number of methoxy groups -OCH3 is 1. The summed E-state index contributed by atoms with van der Waals surface area (Å²) in [5, 5.41) is 2.85. The second-order valence-electron chi connectivity index (χ2n) is 5.29. The van der Waals surface area contributed by atoms with Crippen molar-refractivity contribution in [2.45, 2.75) is 39.2 Å². The summed E-state index contributed by atoms with van der Waals surface area (Å²) in [7, 11) is 3.16. The number of carbonyl (C=O) groups excluding carboxylic acids is 2. The largest absolute Gasteiger partial charge is 0.469 e. The number of amides is 2. The highest BCUT2D eigenvalue weighted by Gasteiger charge is 2.08. The molecule has 1 N–H and O–H groups in total. The Bertz CT molecular complexity index is 471. The van der Waals surface area contributed by atoms with Gasteiger partial charge in [0, 0.05) is 26.6 Å². The maximum atomic E-state index is 11.9. The fourth-order valence-corrected chi connectivity index (χ4v) is 2.05. The summed E-state index contributed by atoms with van der Waals surface area (Å²) in [5.41, 5.74) is 2.40. The molecule has 0 unspecified atom stereocenters. The lowest BCUT2D eigenvalue weighted by Crippen LogP contribution is -2.37. The van der Waals surface area contributed by atoms with Gasteiger partial charge < -0.3 is 15.0 Å². The first-order chi connectivity index (χ1) is 10.6. The summed E-state index contributed by atoms with van der Waals surface area (Å²) in [6.45, 7) is 3.27. The van der Waals surface area contributed by atoms with Crippen LogP contribution in [0.15, 0.2) is 24.3 Å². The predicted molar refractivity (Wildman–Crippen MR) is 86.6 cm³/mol. The maximum absolute atomic E-state index is 11.9. The average Bonchev–Trinajstić information content (AvgIpc) is 2.54. The quantitative estimate of drug-likeness (QED) is 0.593. The van der Waals surface area contributed by atoms with Crippen LogP contribution in [0.1, 0.15) is 37.3 Å². The topological polar surface area (TPSA) is 58.6 Å². The van der Waals surface area contributed by atoms with E-state index in [1.165, 1.54) is 12.7 Å². The maximum Gasteiger partial charge on any atom is 0.317 e. The number of unbranched alkanes of at least 4 members (excludes halogenated alkanes) is 1. The number of esters is 1. The molecule has 0 saturated carbocycles. The van der Waals surface area contributed by atoms with Gasteiger partial charge in [-0.2, -0.15) is 0 Å². The molecule has 0 atom stereocenters. The number of urea groups is 1. The number of nitrogens with zero attached hydrogens (tertiary/aromatic N) is 1. The molecule has 0 saturated heterocycles. The van der Waals surface area contributed by atoms with E-state index in [-0.39, 0.29) is 12.0 Å². The fraction of sp³-hybridized carbons (Fsp3) is 0.529. The highest BCUT2D eigenvalue weighted by Crippen LogP contribution is 2.07. The van der Waals surface area contributed by atoms with Gasteiger partial charge in [-0.3, -0.25) is 4.79 Å². The van der Waals surface area contributed by atoms with Crippen molar-refractivity contribution in [2.75, 3.05) is 20.7 Å². The zero-order chi connectivity index (χ0) is 16.4. The van der Waals surface area contributed by atoms with Crippen LogP contribution in [0.5, 0.6) is 0 Å². The minimum Gasteiger partial charge on any atom is -0.469 e. The summed E-state index contributed by atoms with van der Waals surface area (Å²) in [5.74, 6) is -0.209. The molecule has 0 aromatic heterocycles. The lowest BCUT2D eigenvalue weighted by atomic mass is 10.1. The van der Waals surface area contributed by atoms with Gasteiger partial charge in [0.15, 0.2) is 0 Å². The van der Waals surface area contributed by atoms with E-state index in [0.29, 0.717) is 19.5 Å². The van der Waals surface area contributed by atoms with Crippen molar-refractivity contribution < 1.29 is 14.3 Å². The SMILES string of the molecule is CCc1ccc(CN(C)C(=O)NCCCCC(=O)OC)cc1. The lowest BCUT2D eigenvalue weighted by molar-refractivity contribution is -0.140. The second-order valence-corrected chi connectivity index (χ2v) is 5.29. The highest BCUT2D eigenvalue weighted by molar-refractivity contribution is 5.73. The molecule has 5 heteroatoms. The summed E-state index contributed by atoms with van der Waals surface area (Å²) in [6.07, 6.45) is 2.89. The molecule has 0 aliphatic carbocycles. The normalized spacial score (nSPS) is 10.1. The van der Waals surface area contributed by atoms with Crippen LogP contribution in [0.25, 0.3) is 0 Å². The Labute approximate surface area is 132 Å². The molecule has 0 spiro atoms. The number of aryl methyl sites for hydroxylation is 1. The van der Waals surface area contributed by atoms with Gasteiger partial charge in [0.2, 0.25) is 0 Å². The van der Waals surface area contributed by atoms with Crippen LogP contribution in [-0.4, -0.2) is 37.6 Å². The molecule has 1 aromatic rings. The Balaban J connectivity index is 2.25. The number of rotatable bonds is 8. The molecule has 2 amide bonds. The molecular formula is C17H26N2O3. The third-order valence-electron chi connectivity index (χ3n) is 3.51. The Hall–Kier alpha value is -2.04. The molecule has 0 aliphatic heterocycles. The van der Waals surface area contributed by atoms with Gasteiger partial charge in [-0.15, -0.1) is 0 Å². The zero-order valence-electron chi connectivity index (χ0n) is 13.7. The minimum absolute atomic E-state index is 0.0994. The van der Waals surface area contributed by atoms with Crippen molar-refractivity contribution in [1.82, 2.24) is 10.2 Å². The van der Waals surface area contributed by atoms with Crippen LogP contribution in [0.3, 0.4) is 0 Å². The van der Waals surface area contributed by atoms with Crippen LogP contribution in [-0.2, 0) is 22.5 Å². The number of nitrogens with one attached hydrogen (secondary N) is 1. The smallest absolute Gasteiger partial charge is 0.317 e. The second kappa shape index (κ2) is 9.82. The first-order valence-electron chi connectivity index (χ1n) is 7.70. The number of carbonyl (C=O) groups is 2. The average molecular weight is 306 g/mol. The number of ether oxygens (including phenoxy) is 1. The van der Waals surface area contributed by atoms with Gasteiger partial charge >= 0.3 is 12.0 Å². The van der Waals surface area contributed by atoms with Gasteiger partial charge in [-0.05, 0) is 30.4 Å². The molecule has 1 aromatic carbocycles. The van der Waals surface area contributed by atoms with Crippen LogP contribution in [0.2, 0.25) is 0 Å². The molecule has 22 heavy (non-hydrogen) atoms.